The summed E-state index contributed by atoms with van der Waals surface area (Å²) in [7, 11) is 3.08. The number of hydrogen-bond donors (Lipinski definition) is 2. The van der Waals surface area contributed by atoms with Gasteiger partial charge in [0.05, 0.1) is 13.7 Å². The molecule has 0 aliphatic rings. The first-order chi connectivity index (χ1) is 12.4. The molecule has 2 aromatic rings. The van der Waals surface area contributed by atoms with Gasteiger partial charge in [-0.15, -0.1) is 0 Å². The summed E-state index contributed by atoms with van der Waals surface area (Å²) in [6.07, 6.45) is 0. The maximum atomic E-state index is 12.1. The predicted octanol–water partition coefficient (Wildman–Crippen LogP) is 2.97. The molecule has 0 aliphatic heterocycles. The lowest BCUT2D eigenvalue weighted by atomic mass is 9.95. The maximum absolute atomic E-state index is 12.1. The number of benzene rings is 2. The third kappa shape index (κ3) is 4.97. The van der Waals surface area contributed by atoms with Crippen LogP contribution in [0.2, 0.25) is 5.02 Å². The van der Waals surface area contributed by atoms with Crippen LogP contribution in [0.4, 0.5) is 5.69 Å². The zero-order valence-electron chi connectivity index (χ0n) is 14.8. The Kier molecular flexibility index (Phi) is 6.60. The third-order valence-corrected chi connectivity index (χ3v) is 4.26. The molecule has 1 atom stereocenters. The Morgan fingerprint density at radius 2 is 1.77 bits per heavy atom. The van der Waals surface area contributed by atoms with Crippen LogP contribution < -0.4 is 15.4 Å². The predicted molar refractivity (Wildman–Crippen MR) is 100 cm³/mol. The highest BCUT2D eigenvalue weighted by atomic mass is 35.5. The van der Waals surface area contributed by atoms with Crippen LogP contribution in [-0.2, 0) is 19.9 Å². The Labute approximate surface area is 157 Å². The Bertz CT molecular complexity index is 779. The van der Waals surface area contributed by atoms with Gasteiger partial charge in [-0.3, -0.25) is 9.59 Å². The van der Waals surface area contributed by atoms with Crippen LogP contribution in [0.3, 0.4) is 0 Å². The zero-order valence-corrected chi connectivity index (χ0v) is 15.6. The van der Waals surface area contributed by atoms with E-state index in [0.717, 1.165) is 5.56 Å². The summed E-state index contributed by atoms with van der Waals surface area (Å²) in [5, 5.41) is 5.68. The van der Waals surface area contributed by atoms with Gasteiger partial charge in [0.25, 0.3) is 0 Å². The second-order valence-corrected chi connectivity index (χ2v) is 6.25. The summed E-state index contributed by atoms with van der Waals surface area (Å²) in [6.45, 7) is 1.92. The topological polar surface area (TPSA) is 76.7 Å². The molecule has 0 heterocycles. The van der Waals surface area contributed by atoms with E-state index < -0.39 is 17.4 Å². The normalized spacial score (nSPS) is 12.8. The van der Waals surface area contributed by atoms with Gasteiger partial charge in [0.2, 0.25) is 0 Å². The standard InChI is InChI=1S/C19H21ClN2O4/c1-19(26-3,13-5-4-6-14(20)11-13)12-21-17(23)18(24)22-15-7-9-16(25-2)10-8-15/h4-11H,12H2,1-3H3,(H,21,23)(H,22,24). The van der Waals surface area contributed by atoms with E-state index in [1.165, 1.54) is 7.11 Å². The van der Waals surface area contributed by atoms with Gasteiger partial charge in [0.15, 0.2) is 0 Å². The molecule has 0 aliphatic carbocycles. The molecule has 26 heavy (non-hydrogen) atoms. The van der Waals surface area contributed by atoms with E-state index in [2.05, 4.69) is 10.6 Å². The Balaban J connectivity index is 1.98. The van der Waals surface area contributed by atoms with Gasteiger partial charge in [-0.25, -0.2) is 0 Å². The number of amides is 2. The zero-order chi connectivity index (χ0) is 19.2. The number of carbonyl (C=O) groups excluding carboxylic acids is 2. The summed E-state index contributed by atoms with van der Waals surface area (Å²) in [5.41, 5.74) is 0.472. The quantitative estimate of drug-likeness (QED) is 0.760. The largest absolute Gasteiger partial charge is 0.497 e. The van der Waals surface area contributed by atoms with Crippen LogP contribution in [0.25, 0.3) is 0 Å². The highest BCUT2D eigenvalue weighted by Crippen LogP contribution is 2.26. The first kappa shape index (κ1) is 19.8. The minimum Gasteiger partial charge on any atom is -0.497 e. The van der Waals surface area contributed by atoms with Crippen LogP contribution in [0.1, 0.15) is 12.5 Å². The summed E-state index contributed by atoms with van der Waals surface area (Å²) >= 11 is 6.02. The summed E-state index contributed by atoms with van der Waals surface area (Å²) in [6, 6.07) is 13.8. The Morgan fingerprint density at radius 3 is 2.35 bits per heavy atom. The van der Waals surface area contributed by atoms with Crippen molar-refractivity contribution >= 4 is 29.1 Å². The van der Waals surface area contributed by atoms with Crippen molar-refractivity contribution in [1.82, 2.24) is 5.32 Å². The molecular formula is C19H21ClN2O4. The monoisotopic (exact) mass is 376 g/mol. The lowest BCUT2D eigenvalue weighted by Crippen LogP contribution is -2.44. The van der Waals surface area contributed by atoms with Crippen LogP contribution >= 0.6 is 11.6 Å². The van der Waals surface area contributed by atoms with Crippen molar-refractivity contribution in [2.45, 2.75) is 12.5 Å². The molecule has 0 radical (unpaired) electrons. The number of hydrogen-bond acceptors (Lipinski definition) is 4. The van der Waals surface area contributed by atoms with Crippen molar-refractivity contribution in [2.75, 3.05) is 26.1 Å². The van der Waals surface area contributed by atoms with E-state index >= 15 is 0 Å². The van der Waals surface area contributed by atoms with E-state index in [-0.39, 0.29) is 6.54 Å². The van der Waals surface area contributed by atoms with Crippen molar-refractivity contribution in [1.29, 1.82) is 0 Å². The number of ether oxygens (including phenoxy) is 2. The number of halogens is 1. The average molecular weight is 377 g/mol. The molecule has 0 fully saturated rings. The third-order valence-electron chi connectivity index (χ3n) is 4.03. The lowest BCUT2D eigenvalue weighted by molar-refractivity contribution is -0.137. The van der Waals surface area contributed by atoms with Gasteiger partial charge in [0, 0.05) is 17.8 Å². The van der Waals surface area contributed by atoms with E-state index in [1.807, 2.05) is 6.07 Å². The minimum atomic E-state index is -0.818. The average Bonchev–Trinajstić information content (AvgIpc) is 2.66. The van der Waals surface area contributed by atoms with Crippen LogP contribution in [-0.4, -0.2) is 32.6 Å². The molecule has 2 amide bonds. The molecule has 0 aromatic heterocycles. The first-order valence-corrected chi connectivity index (χ1v) is 8.30. The molecule has 0 bridgehead atoms. The smallest absolute Gasteiger partial charge is 0.313 e. The van der Waals surface area contributed by atoms with Gasteiger partial charge in [-0.2, -0.15) is 0 Å². The van der Waals surface area contributed by atoms with Gasteiger partial charge < -0.3 is 20.1 Å². The molecule has 2 rings (SSSR count). The van der Waals surface area contributed by atoms with Gasteiger partial charge >= 0.3 is 11.8 Å². The molecule has 2 aromatic carbocycles. The van der Waals surface area contributed by atoms with Gasteiger partial charge in [-0.05, 0) is 48.9 Å². The number of carbonyl (C=O) groups is 2. The lowest BCUT2D eigenvalue weighted by Gasteiger charge is -2.29. The van der Waals surface area contributed by atoms with Gasteiger partial charge in [-0.1, -0.05) is 23.7 Å². The number of methoxy groups -OCH3 is 2. The molecule has 0 spiro atoms. The Hall–Kier alpha value is -2.57. The fourth-order valence-corrected chi connectivity index (χ4v) is 2.49. The molecule has 138 valence electrons. The highest BCUT2D eigenvalue weighted by Gasteiger charge is 2.28. The summed E-state index contributed by atoms with van der Waals surface area (Å²) < 4.78 is 10.6. The summed E-state index contributed by atoms with van der Waals surface area (Å²) in [5.74, 6) is -0.865. The van der Waals surface area contributed by atoms with E-state index in [1.54, 1.807) is 56.5 Å². The number of nitrogens with one attached hydrogen (secondary N) is 2. The fourth-order valence-electron chi connectivity index (χ4n) is 2.30. The number of rotatable bonds is 6. The van der Waals surface area contributed by atoms with Crippen molar-refractivity contribution in [3.8, 4) is 5.75 Å². The molecule has 7 heteroatoms. The maximum Gasteiger partial charge on any atom is 0.313 e. The molecule has 0 saturated carbocycles. The molecule has 2 N–H and O–H groups in total. The van der Waals surface area contributed by atoms with Crippen molar-refractivity contribution < 1.29 is 19.1 Å². The van der Waals surface area contributed by atoms with Crippen molar-refractivity contribution in [3.05, 3.63) is 59.1 Å². The van der Waals surface area contributed by atoms with Crippen LogP contribution in [0.5, 0.6) is 5.75 Å². The second kappa shape index (κ2) is 8.69. The molecule has 1 unspecified atom stereocenters. The fraction of sp³-hybridized carbons (Fsp3) is 0.263. The van der Waals surface area contributed by atoms with Crippen LogP contribution in [0, 0.1) is 0 Å². The number of anilines is 1. The van der Waals surface area contributed by atoms with Crippen LogP contribution in [0.15, 0.2) is 48.5 Å². The minimum absolute atomic E-state index is 0.110. The van der Waals surface area contributed by atoms with E-state index in [0.29, 0.717) is 16.5 Å². The van der Waals surface area contributed by atoms with Crippen molar-refractivity contribution in [3.63, 3.8) is 0 Å². The molecule has 0 saturated heterocycles. The van der Waals surface area contributed by atoms with Gasteiger partial charge in [0.1, 0.15) is 11.4 Å². The Morgan fingerprint density at radius 1 is 1.08 bits per heavy atom. The SMILES string of the molecule is COc1ccc(NC(=O)C(=O)NCC(C)(OC)c2cccc(Cl)c2)cc1. The summed E-state index contributed by atoms with van der Waals surface area (Å²) in [4.78, 5) is 24.1. The van der Waals surface area contributed by atoms with E-state index in [9.17, 15) is 9.59 Å². The molecule has 6 nitrogen and oxygen atoms in total. The van der Waals surface area contributed by atoms with E-state index in [4.69, 9.17) is 21.1 Å². The highest BCUT2D eigenvalue weighted by molar-refractivity contribution is 6.39. The van der Waals surface area contributed by atoms with Crippen molar-refractivity contribution in [2.24, 2.45) is 0 Å². The molecular weight excluding hydrogens is 356 g/mol. The first-order valence-electron chi connectivity index (χ1n) is 7.92. The second-order valence-electron chi connectivity index (χ2n) is 5.81.